The summed E-state index contributed by atoms with van der Waals surface area (Å²) in [6, 6.07) is 6.54. The minimum atomic E-state index is -0.918. The van der Waals surface area contributed by atoms with Gasteiger partial charge in [0.2, 0.25) is 0 Å². The lowest BCUT2D eigenvalue weighted by Gasteiger charge is -2.20. The van der Waals surface area contributed by atoms with Gasteiger partial charge in [0.15, 0.2) is 0 Å². The van der Waals surface area contributed by atoms with Crippen LogP contribution in [0.4, 0.5) is 4.39 Å². The Morgan fingerprint density at radius 1 is 1.47 bits per heavy atom. The van der Waals surface area contributed by atoms with E-state index in [0.29, 0.717) is 6.42 Å². The third-order valence-corrected chi connectivity index (χ3v) is 3.89. The van der Waals surface area contributed by atoms with Crippen molar-refractivity contribution in [3.8, 4) is 0 Å². The number of methoxy groups -OCH3 is 1. The van der Waals surface area contributed by atoms with Crippen LogP contribution < -0.4 is 5.73 Å². The summed E-state index contributed by atoms with van der Waals surface area (Å²) >= 11 is 1.60. The van der Waals surface area contributed by atoms with Crippen LogP contribution in [0.3, 0.4) is 0 Å². The first-order valence-electron chi connectivity index (χ1n) is 6.21. The number of unbranched alkanes of at least 4 members (excludes halogenated alkanes) is 1. The molecule has 5 heteroatoms. The van der Waals surface area contributed by atoms with Gasteiger partial charge in [0.05, 0.1) is 7.11 Å². The Balaban J connectivity index is 2.23. The van der Waals surface area contributed by atoms with Gasteiger partial charge < -0.3 is 10.5 Å². The lowest BCUT2D eigenvalue weighted by Crippen LogP contribution is -2.45. The van der Waals surface area contributed by atoms with E-state index < -0.39 is 5.54 Å². The Morgan fingerprint density at radius 2 is 2.21 bits per heavy atom. The Hall–Kier alpha value is -1.07. The summed E-state index contributed by atoms with van der Waals surface area (Å²) in [6.45, 7) is 1.68. The number of nitrogens with two attached hydrogens (primary N) is 1. The summed E-state index contributed by atoms with van der Waals surface area (Å²) < 4.78 is 17.6. The first-order chi connectivity index (χ1) is 8.95. The van der Waals surface area contributed by atoms with Crippen molar-refractivity contribution in [1.29, 1.82) is 0 Å². The standard InChI is InChI=1S/C14H20FNO2S/c1-14(16,13(17)18-2)8-3-4-9-19-12-7-5-6-11(15)10-12/h5-7,10H,3-4,8-9,16H2,1-2H3. The Morgan fingerprint density at radius 3 is 2.84 bits per heavy atom. The largest absolute Gasteiger partial charge is 0.468 e. The molecule has 1 rings (SSSR count). The molecule has 0 aliphatic carbocycles. The summed E-state index contributed by atoms with van der Waals surface area (Å²) in [5.41, 5.74) is 4.93. The van der Waals surface area contributed by atoms with E-state index in [4.69, 9.17) is 5.73 Å². The molecule has 1 unspecified atom stereocenters. The van der Waals surface area contributed by atoms with Crippen LogP contribution >= 0.6 is 11.8 Å². The first kappa shape index (κ1) is 16.0. The van der Waals surface area contributed by atoms with Crippen LogP contribution in [0.2, 0.25) is 0 Å². The highest BCUT2D eigenvalue weighted by Gasteiger charge is 2.28. The molecular formula is C14H20FNO2S. The molecule has 0 saturated carbocycles. The van der Waals surface area contributed by atoms with Crippen molar-refractivity contribution in [3.05, 3.63) is 30.1 Å². The lowest BCUT2D eigenvalue weighted by molar-refractivity contribution is -0.146. The summed E-state index contributed by atoms with van der Waals surface area (Å²) in [5, 5.41) is 0. The zero-order valence-electron chi connectivity index (χ0n) is 11.3. The molecule has 0 spiro atoms. The molecule has 106 valence electrons. The highest BCUT2D eigenvalue weighted by atomic mass is 32.2. The molecule has 0 saturated heterocycles. The third-order valence-electron chi connectivity index (χ3n) is 2.81. The van der Waals surface area contributed by atoms with Gasteiger partial charge in [-0.25, -0.2) is 4.39 Å². The number of esters is 1. The normalized spacial score (nSPS) is 13.9. The molecule has 0 bridgehead atoms. The zero-order valence-corrected chi connectivity index (χ0v) is 12.1. The van der Waals surface area contributed by atoms with Crippen molar-refractivity contribution in [2.45, 2.75) is 36.6 Å². The molecule has 0 fully saturated rings. The van der Waals surface area contributed by atoms with E-state index in [1.54, 1.807) is 24.8 Å². The van der Waals surface area contributed by atoms with Crippen molar-refractivity contribution in [3.63, 3.8) is 0 Å². The molecule has 0 aromatic heterocycles. The number of halogens is 1. The number of benzene rings is 1. The second kappa shape index (κ2) is 7.50. The number of hydrogen-bond acceptors (Lipinski definition) is 4. The molecule has 1 aromatic carbocycles. The highest BCUT2D eigenvalue weighted by Crippen LogP contribution is 2.21. The van der Waals surface area contributed by atoms with Crippen molar-refractivity contribution >= 4 is 17.7 Å². The summed E-state index contributed by atoms with van der Waals surface area (Å²) in [7, 11) is 1.34. The van der Waals surface area contributed by atoms with Gasteiger partial charge in [-0.3, -0.25) is 4.79 Å². The zero-order chi connectivity index (χ0) is 14.3. The third kappa shape index (κ3) is 5.61. The summed E-state index contributed by atoms with van der Waals surface area (Å²) in [6.07, 6.45) is 2.35. The first-order valence-corrected chi connectivity index (χ1v) is 7.20. The van der Waals surface area contributed by atoms with E-state index in [2.05, 4.69) is 4.74 Å². The predicted octanol–water partition coefficient (Wildman–Crippen LogP) is 2.98. The predicted molar refractivity (Wildman–Crippen MR) is 75.6 cm³/mol. The monoisotopic (exact) mass is 285 g/mol. The Kier molecular flexibility index (Phi) is 6.31. The minimum Gasteiger partial charge on any atom is -0.468 e. The van der Waals surface area contributed by atoms with Crippen LogP contribution in [0.15, 0.2) is 29.2 Å². The maximum atomic E-state index is 12.9. The van der Waals surface area contributed by atoms with Crippen LogP contribution in [0.25, 0.3) is 0 Å². The number of rotatable bonds is 7. The molecular weight excluding hydrogens is 265 g/mol. The summed E-state index contributed by atoms with van der Waals surface area (Å²) in [5.74, 6) is 0.274. The van der Waals surface area contributed by atoms with Gasteiger partial charge in [-0.05, 0) is 43.7 Å². The van der Waals surface area contributed by atoms with Gasteiger partial charge in [0.25, 0.3) is 0 Å². The van der Waals surface area contributed by atoms with E-state index in [-0.39, 0.29) is 11.8 Å². The average molecular weight is 285 g/mol. The number of hydrogen-bond donors (Lipinski definition) is 1. The average Bonchev–Trinajstić information content (AvgIpc) is 2.37. The maximum absolute atomic E-state index is 12.9. The van der Waals surface area contributed by atoms with Gasteiger partial charge in [0, 0.05) is 4.90 Å². The number of carbonyl (C=O) groups excluding carboxylic acids is 1. The van der Waals surface area contributed by atoms with Crippen LogP contribution in [0, 0.1) is 5.82 Å². The van der Waals surface area contributed by atoms with E-state index in [1.807, 2.05) is 6.07 Å². The SMILES string of the molecule is COC(=O)C(C)(N)CCCCSc1cccc(F)c1. The Bertz CT molecular complexity index is 424. The molecule has 19 heavy (non-hydrogen) atoms. The molecule has 0 amide bonds. The van der Waals surface area contributed by atoms with Crippen molar-refractivity contribution in [1.82, 2.24) is 0 Å². The van der Waals surface area contributed by atoms with Gasteiger partial charge in [-0.2, -0.15) is 0 Å². The smallest absolute Gasteiger partial charge is 0.325 e. The van der Waals surface area contributed by atoms with Gasteiger partial charge in [-0.1, -0.05) is 12.5 Å². The minimum absolute atomic E-state index is 0.217. The second-order valence-corrected chi connectivity index (χ2v) is 5.84. The quantitative estimate of drug-likeness (QED) is 0.475. The molecule has 0 aliphatic heterocycles. The molecule has 3 nitrogen and oxygen atoms in total. The van der Waals surface area contributed by atoms with E-state index in [9.17, 15) is 9.18 Å². The van der Waals surface area contributed by atoms with Crippen molar-refractivity contribution in [2.75, 3.05) is 12.9 Å². The molecule has 1 atom stereocenters. The lowest BCUT2D eigenvalue weighted by atomic mass is 9.97. The van der Waals surface area contributed by atoms with Gasteiger partial charge in [0.1, 0.15) is 11.4 Å². The summed E-state index contributed by atoms with van der Waals surface area (Å²) in [4.78, 5) is 12.3. The van der Waals surface area contributed by atoms with E-state index in [1.165, 1.54) is 19.2 Å². The molecule has 0 heterocycles. The fraction of sp³-hybridized carbons (Fsp3) is 0.500. The van der Waals surface area contributed by atoms with Gasteiger partial charge >= 0.3 is 5.97 Å². The Labute approximate surface area is 117 Å². The highest BCUT2D eigenvalue weighted by molar-refractivity contribution is 7.99. The number of ether oxygens (including phenoxy) is 1. The van der Waals surface area contributed by atoms with Crippen molar-refractivity contribution in [2.24, 2.45) is 5.73 Å². The molecule has 0 radical (unpaired) electrons. The topological polar surface area (TPSA) is 52.3 Å². The van der Waals surface area contributed by atoms with Gasteiger partial charge in [-0.15, -0.1) is 11.8 Å². The fourth-order valence-electron chi connectivity index (χ4n) is 1.68. The number of carbonyl (C=O) groups is 1. The maximum Gasteiger partial charge on any atom is 0.325 e. The number of thioether (sulfide) groups is 1. The fourth-order valence-corrected chi connectivity index (χ4v) is 2.63. The molecule has 1 aromatic rings. The van der Waals surface area contributed by atoms with Crippen LogP contribution in [0.5, 0.6) is 0 Å². The molecule has 0 aliphatic rings. The van der Waals surface area contributed by atoms with E-state index >= 15 is 0 Å². The second-order valence-electron chi connectivity index (χ2n) is 4.67. The molecule has 2 N–H and O–H groups in total. The van der Waals surface area contributed by atoms with Crippen LogP contribution in [-0.4, -0.2) is 24.4 Å². The van der Waals surface area contributed by atoms with Crippen LogP contribution in [0.1, 0.15) is 26.2 Å². The van der Waals surface area contributed by atoms with Crippen molar-refractivity contribution < 1.29 is 13.9 Å². The van der Waals surface area contributed by atoms with E-state index in [0.717, 1.165) is 23.5 Å². The van der Waals surface area contributed by atoms with Crippen LogP contribution in [-0.2, 0) is 9.53 Å².